The molecule has 3 aromatic carbocycles. The summed E-state index contributed by atoms with van der Waals surface area (Å²) in [5.74, 6) is -2.54. The molecule has 0 heterocycles. The van der Waals surface area contributed by atoms with E-state index in [4.69, 9.17) is 14.0 Å². The van der Waals surface area contributed by atoms with E-state index in [1.54, 1.807) is 107 Å². The minimum atomic E-state index is -3.73. The second-order valence-corrected chi connectivity index (χ2v) is 14.1. The fourth-order valence-electron chi connectivity index (χ4n) is 4.29. The predicted molar refractivity (Wildman–Crippen MR) is 171 cm³/mol. The highest BCUT2D eigenvalue weighted by molar-refractivity contribution is 7.74. The van der Waals surface area contributed by atoms with Gasteiger partial charge >= 0.3 is 12.1 Å². The predicted octanol–water partition coefficient (Wildman–Crippen LogP) is 4.67. The third-order valence-electron chi connectivity index (χ3n) is 6.51. The molecule has 11 heteroatoms. The van der Waals surface area contributed by atoms with Crippen molar-refractivity contribution in [1.29, 1.82) is 0 Å². The van der Waals surface area contributed by atoms with Crippen molar-refractivity contribution in [3.8, 4) is 0 Å². The molecule has 0 aliphatic heterocycles. The Labute approximate surface area is 264 Å². The summed E-state index contributed by atoms with van der Waals surface area (Å²) in [4.78, 5) is 52.4. The SMILES string of the molecule is CC(C)[C@H](NC(=O)OCc1ccccc1)C(=O)N[C@@H](CC(=O)OC(C)(C)C)C(=O)COP(=O)(c1ccccc1)c1ccccc1. The number of hydrogen-bond acceptors (Lipinski definition) is 8. The molecule has 240 valence electrons. The van der Waals surface area contributed by atoms with Crippen molar-refractivity contribution in [2.75, 3.05) is 6.61 Å². The Hall–Kier alpha value is -4.27. The number of esters is 1. The molecule has 2 atom stereocenters. The fourth-order valence-corrected chi connectivity index (χ4v) is 6.32. The van der Waals surface area contributed by atoms with Crippen LogP contribution < -0.4 is 21.2 Å². The number of hydrogen-bond donors (Lipinski definition) is 2. The first-order valence-electron chi connectivity index (χ1n) is 14.7. The van der Waals surface area contributed by atoms with E-state index in [0.717, 1.165) is 5.56 Å². The average Bonchev–Trinajstić information content (AvgIpc) is 3.01. The van der Waals surface area contributed by atoms with Gasteiger partial charge in [0, 0.05) is 10.6 Å². The Morgan fingerprint density at radius 3 is 1.78 bits per heavy atom. The van der Waals surface area contributed by atoms with Gasteiger partial charge in [0.05, 0.1) is 6.42 Å². The smallest absolute Gasteiger partial charge is 0.408 e. The van der Waals surface area contributed by atoms with Crippen molar-refractivity contribution in [2.24, 2.45) is 5.92 Å². The minimum Gasteiger partial charge on any atom is -0.460 e. The number of amides is 2. The van der Waals surface area contributed by atoms with Crippen molar-refractivity contribution < 1.29 is 37.7 Å². The van der Waals surface area contributed by atoms with Crippen LogP contribution in [-0.2, 0) is 39.6 Å². The third kappa shape index (κ3) is 11.0. The number of nitrogens with one attached hydrogen (secondary N) is 2. The summed E-state index contributed by atoms with van der Waals surface area (Å²) in [7, 11) is -3.73. The first-order chi connectivity index (χ1) is 21.3. The molecule has 45 heavy (non-hydrogen) atoms. The van der Waals surface area contributed by atoms with Crippen LogP contribution in [-0.4, -0.2) is 48.0 Å². The van der Waals surface area contributed by atoms with Gasteiger partial charge in [0.2, 0.25) is 5.91 Å². The lowest BCUT2D eigenvalue weighted by Crippen LogP contribution is -2.54. The maximum Gasteiger partial charge on any atom is 0.408 e. The van der Waals surface area contributed by atoms with Crippen molar-refractivity contribution in [2.45, 2.75) is 65.3 Å². The summed E-state index contributed by atoms with van der Waals surface area (Å²) >= 11 is 0. The number of rotatable bonds is 14. The van der Waals surface area contributed by atoms with E-state index in [9.17, 15) is 23.7 Å². The number of ether oxygens (including phenoxy) is 2. The molecule has 0 fully saturated rings. The Morgan fingerprint density at radius 1 is 0.778 bits per heavy atom. The zero-order chi connectivity index (χ0) is 33.0. The molecule has 0 spiro atoms. The van der Waals surface area contributed by atoms with Gasteiger partial charge in [-0.25, -0.2) is 4.79 Å². The lowest BCUT2D eigenvalue weighted by atomic mass is 10.0. The molecule has 0 unspecified atom stereocenters. The van der Waals surface area contributed by atoms with Crippen molar-refractivity contribution in [3.63, 3.8) is 0 Å². The summed E-state index contributed by atoms with van der Waals surface area (Å²) in [5.41, 5.74) is -0.0732. The number of Topliss-reactive ketones (excluding diaryl/α,β-unsaturated/α-hetero) is 1. The van der Waals surface area contributed by atoms with Crippen molar-refractivity contribution in [1.82, 2.24) is 10.6 Å². The second-order valence-electron chi connectivity index (χ2n) is 11.7. The van der Waals surface area contributed by atoms with Gasteiger partial charge in [-0.15, -0.1) is 0 Å². The number of carbonyl (C=O) groups excluding carboxylic acids is 4. The molecule has 0 saturated heterocycles. The molecule has 2 amide bonds. The normalized spacial score (nSPS) is 12.9. The van der Waals surface area contributed by atoms with Crippen molar-refractivity contribution in [3.05, 3.63) is 96.6 Å². The molecular weight excluding hydrogens is 595 g/mol. The van der Waals surface area contributed by atoms with Crippen LogP contribution in [0.15, 0.2) is 91.0 Å². The van der Waals surface area contributed by atoms with Crippen LogP contribution >= 0.6 is 7.37 Å². The van der Waals surface area contributed by atoms with Crippen LogP contribution in [0.1, 0.15) is 46.6 Å². The summed E-state index contributed by atoms with van der Waals surface area (Å²) in [6.07, 6.45) is -1.33. The summed E-state index contributed by atoms with van der Waals surface area (Å²) in [5, 5.41) is 5.89. The largest absolute Gasteiger partial charge is 0.460 e. The van der Waals surface area contributed by atoms with Gasteiger partial charge in [-0.05, 0) is 56.5 Å². The Bertz CT molecular complexity index is 1430. The van der Waals surface area contributed by atoms with E-state index < -0.39 is 67.8 Å². The average molecular weight is 637 g/mol. The van der Waals surface area contributed by atoms with Gasteiger partial charge in [-0.1, -0.05) is 80.6 Å². The molecule has 0 aliphatic carbocycles. The van der Waals surface area contributed by atoms with Crippen LogP contribution in [0.5, 0.6) is 0 Å². The molecule has 3 rings (SSSR count). The second kappa shape index (κ2) is 16.2. The molecular formula is C34H41N2O8P. The number of alkyl carbamates (subject to hydrolysis) is 1. The molecule has 0 bridgehead atoms. The zero-order valence-corrected chi connectivity index (χ0v) is 27.1. The van der Waals surface area contributed by atoms with E-state index >= 15 is 0 Å². The minimum absolute atomic E-state index is 0.000906. The maximum atomic E-state index is 14.2. The lowest BCUT2D eigenvalue weighted by molar-refractivity contribution is -0.156. The van der Waals surface area contributed by atoms with Crippen LogP contribution in [0.25, 0.3) is 0 Å². The molecule has 0 radical (unpaired) electrons. The van der Waals surface area contributed by atoms with E-state index in [1.807, 2.05) is 18.2 Å². The van der Waals surface area contributed by atoms with Gasteiger partial charge in [0.1, 0.15) is 30.9 Å². The van der Waals surface area contributed by atoms with E-state index in [-0.39, 0.29) is 6.61 Å². The third-order valence-corrected chi connectivity index (χ3v) is 8.96. The number of benzene rings is 3. The number of ketones is 1. The van der Waals surface area contributed by atoms with Crippen LogP contribution in [0.2, 0.25) is 0 Å². The number of carbonyl (C=O) groups is 4. The topological polar surface area (TPSA) is 137 Å². The van der Waals surface area contributed by atoms with Crippen LogP contribution in [0.4, 0.5) is 4.79 Å². The highest BCUT2D eigenvalue weighted by Crippen LogP contribution is 2.44. The highest BCUT2D eigenvalue weighted by atomic mass is 31.2. The monoisotopic (exact) mass is 636 g/mol. The Morgan fingerprint density at radius 2 is 1.29 bits per heavy atom. The molecule has 0 saturated carbocycles. The first-order valence-corrected chi connectivity index (χ1v) is 16.3. The van der Waals surface area contributed by atoms with Gasteiger partial charge < -0.3 is 24.6 Å². The van der Waals surface area contributed by atoms with Crippen LogP contribution in [0.3, 0.4) is 0 Å². The van der Waals surface area contributed by atoms with Gasteiger partial charge in [-0.3, -0.25) is 18.9 Å². The van der Waals surface area contributed by atoms with Crippen molar-refractivity contribution >= 4 is 41.7 Å². The molecule has 0 aromatic heterocycles. The molecule has 2 N–H and O–H groups in total. The van der Waals surface area contributed by atoms with Gasteiger partial charge in [-0.2, -0.15) is 0 Å². The molecule has 0 aliphatic rings. The fraction of sp³-hybridized carbons (Fsp3) is 0.353. The van der Waals surface area contributed by atoms with Gasteiger partial charge in [0.15, 0.2) is 5.78 Å². The molecule has 10 nitrogen and oxygen atoms in total. The van der Waals surface area contributed by atoms with E-state index in [2.05, 4.69) is 10.6 Å². The summed E-state index contributed by atoms with van der Waals surface area (Å²) in [6.45, 7) is 7.79. The highest BCUT2D eigenvalue weighted by Gasteiger charge is 2.34. The standard InChI is InChI=1S/C34H41N2O8P/c1-24(2)31(36-33(40)42-22-25-15-9-6-10-16-25)32(39)35-28(21-30(38)44-34(3,4)5)29(37)23-43-45(41,26-17-11-7-12-18-26)27-19-13-8-14-20-27/h6-20,24,28,31H,21-23H2,1-5H3,(H,35,39)(H,36,40)/t28-,31-/m0/s1. The molecule has 3 aromatic rings. The first kappa shape index (κ1) is 35.2. The van der Waals surface area contributed by atoms with E-state index in [1.165, 1.54) is 0 Å². The van der Waals surface area contributed by atoms with E-state index in [0.29, 0.717) is 10.6 Å². The Balaban J connectivity index is 1.78. The lowest BCUT2D eigenvalue weighted by Gasteiger charge is -2.26. The quantitative estimate of drug-likeness (QED) is 0.193. The summed E-state index contributed by atoms with van der Waals surface area (Å²) in [6, 6.07) is 23.5. The van der Waals surface area contributed by atoms with Crippen LogP contribution in [0, 0.1) is 5.92 Å². The maximum absolute atomic E-state index is 14.2. The Kier molecular flexibility index (Phi) is 12.6. The summed E-state index contributed by atoms with van der Waals surface area (Å²) < 4.78 is 30.8. The van der Waals surface area contributed by atoms with Gasteiger partial charge in [0.25, 0.3) is 7.37 Å². The zero-order valence-electron chi connectivity index (χ0n) is 26.2.